The van der Waals surface area contributed by atoms with Crippen molar-refractivity contribution in [2.75, 3.05) is 11.9 Å². The molecule has 3 rings (SSSR count). The molecule has 100 valence electrons. The Hall–Kier alpha value is -2.38. The second kappa shape index (κ2) is 4.71. The van der Waals surface area contributed by atoms with Crippen LogP contribution < -0.4 is 10.6 Å². The van der Waals surface area contributed by atoms with Gasteiger partial charge in [-0.25, -0.2) is 4.98 Å². The normalized spacial score (nSPS) is 13.7. The Labute approximate surface area is 109 Å². The number of hydrogen-bond donors (Lipinski definition) is 2. The van der Waals surface area contributed by atoms with Crippen molar-refractivity contribution in [1.29, 1.82) is 0 Å². The zero-order valence-corrected chi connectivity index (χ0v) is 10.6. The highest BCUT2D eigenvalue weighted by atomic mass is 16.1. The van der Waals surface area contributed by atoms with Crippen molar-refractivity contribution in [3.8, 4) is 0 Å². The summed E-state index contributed by atoms with van der Waals surface area (Å²) in [6.45, 7) is 2.13. The van der Waals surface area contributed by atoms with Crippen LogP contribution in [-0.4, -0.2) is 36.8 Å². The molecule has 0 radical (unpaired) electrons. The lowest BCUT2D eigenvalue weighted by molar-refractivity contribution is 0.0945. The number of carbonyl (C=O) groups excluding carboxylic acids is 1. The van der Waals surface area contributed by atoms with Crippen LogP contribution >= 0.6 is 0 Å². The van der Waals surface area contributed by atoms with E-state index in [9.17, 15) is 4.79 Å². The maximum atomic E-state index is 12.0. The molecule has 1 aliphatic heterocycles. The van der Waals surface area contributed by atoms with E-state index in [1.54, 1.807) is 17.1 Å². The Balaban J connectivity index is 1.67. The van der Waals surface area contributed by atoms with Gasteiger partial charge < -0.3 is 19.8 Å². The number of nitrogens with one attached hydrogen (secondary N) is 2. The van der Waals surface area contributed by atoms with Gasteiger partial charge in [0.25, 0.3) is 5.91 Å². The first kappa shape index (κ1) is 11.7. The molecule has 0 saturated heterocycles. The van der Waals surface area contributed by atoms with E-state index in [0.717, 1.165) is 25.5 Å². The molecule has 3 heterocycles. The zero-order valence-electron chi connectivity index (χ0n) is 10.6. The van der Waals surface area contributed by atoms with Gasteiger partial charge in [0.1, 0.15) is 12.0 Å². The number of carbonyl (C=O) groups is 1. The minimum Gasteiger partial charge on any atom is -0.356 e. The number of fused-ring (bicyclic) bond motifs is 1. The lowest BCUT2D eigenvalue weighted by atomic mass is 10.4. The molecular weight excluding hydrogens is 246 g/mol. The van der Waals surface area contributed by atoms with Crippen molar-refractivity contribution >= 4 is 11.9 Å². The number of anilines is 1. The van der Waals surface area contributed by atoms with Crippen molar-refractivity contribution < 1.29 is 4.79 Å². The van der Waals surface area contributed by atoms with Crippen molar-refractivity contribution in [3.63, 3.8) is 0 Å². The van der Waals surface area contributed by atoms with Gasteiger partial charge in [-0.05, 0) is 6.42 Å². The topological polar surface area (TPSA) is 89.7 Å². The molecule has 0 bridgehead atoms. The molecule has 0 saturated carbocycles. The summed E-state index contributed by atoms with van der Waals surface area (Å²) in [4.78, 5) is 16.3. The fourth-order valence-electron chi connectivity index (χ4n) is 2.00. The lowest BCUT2D eigenvalue weighted by Crippen LogP contribution is -2.24. The Morgan fingerprint density at radius 3 is 3.21 bits per heavy atom. The zero-order chi connectivity index (χ0) is 13.2. The van der Waals surface area contributed by atoms with Crippen molar-refractivity contribution in [2.24, 2.45) is 7.05 Å². The summed E-state index contributed by atoms with van der Waals surface area (Å²) in [6.07, 6.45) is 4.41. The van der Waals surface area contributed by atoms with Gasteiger partial charge in [-0.15, -0.1) is 10.2 Å². The average Bonchev–Trinajstić information content (AvgIpc) is 3.01. The van der Waals surface area contributed by atoms with Crippen LogP contribution in [0.2, 0.25) is 0 Å². The molecule has 2 aromatic rings. The maximum absolute atomic E-state index is 12.0. The third kappa shape index (κ3) is 2.28. The quantitative estimate of drug-likeness (QED) is 0.795. The molecule has 2 aromatic heterocycles. The number of imidazole rings is 1. The van der Waals surface area contributed by atoms with Crippen LogP contribution in [0, 0.1) is 0 Å². The number of aromatic nitrogens is 5. The van der Waals surface area contributed by atoms with E-state index in [0.29, 0.717) is 18.1 Å². The predicted molar refractivity (Wildman–Crippen MR) is 67.5 cm³/mol. The van der Waals surface area contributed by atoms with Gasteiger partial charge in [0.05, 0.1) is 6.54 Å². The van der Waals surface area contributed by atoms with Gasteiger partial charge in [0.15, 0.2) is 5.82 Å². The molecule has 1 amide bonds. The van der Waals surface area contributed by atoms with Crippen molar-refractivity contribution in [2.45, 2.75) is 19.5 Å². The number of amides is 1. The second-order valence-electron chi connectivity index (χ2n) is 4.46. The average molecular weight is 261 g/mol. The standard InChI is InChI=1S/C11H15N7O/c1-17-7-14-16-9(17)5-13-10(19)8-6-18-4-2-3-12-11(18)15-8/h6-7H,2-5H2,1H3,(H,12,15)(H,13,19). The Bertz CT molecular complexity index is 576. The van der Waals surface area contributed by atoms with Crippen LogP contribution in [0.4, 0.5) is 5.95 Å². The summed E-state index contributed by atoms with van der Waals surface area (Å²) < 4.78 is 3.72. The highest BCUT2D eigenvalue weighted by Crippen LogP contribution is 2.13. The van der Waals surface area contributed by atoms with E-state index < -0.39 is 0 Å². The van der Waals surface area contributed by atoms with Gasteiger partial charge in [-0.2, -0.15) is 0 Å². The highest BCUT2D eigenvalue weighted by Gasteiger charge is 2.16. The van der Waals surface area contributed by atoms with E-state index in [2.05, 4.69) is 25.8 Å². The van der Waals surface area contributed by atoms with Crippen LogP contribution in [0.3, 0.4) is 0 Å². The molecule has 19 heavy (non-hydrogen) atoms. The minimum absolute atomic E-state index is 0.202. The summed E-state index contributed by atoms with van der Waals surface area (Å²) in [5, 5.41) is 13.6. The third-order valence-electron chi connectivity index (χ3n) is 3.08. The largest absolute Gasteiger partial charge is 0.356 e. The van der Waals surface area contributed by atoms with Gasteiger partial charge in [0, 0.05) is 26.3 Å². The molecule has 8 heteroatoms. The summed E-state index contributed by atoms with van der Waals surface area (Å²) in [6, 6.07) is 0. The monoisotopic (exact) mass is 261 g/mol. The second-order valence-corrected chi connectivity index (χ2v) is 4.46. The summed E-state index contributed by atoms with van der Waals surface area (Å²) in [7, 11) is 1.83. The number of rotatable bonds is 3. The first-order valence-corrected chi connectivity index (χ1v) is 6.16. The lowest BCUT2D eigenvalue weighted by Gasteiger charge is -2.14. The fraction of sp³-hybridized carbons (Fsp3) is 0.455. The van der Waals surface area contributed by atoms with Crippen LogP contribution in [0.1, 0.15) is 22.7 Å². The molecule has 8 nitrogen and oxygen atoms in total. The van der Waals surface area contributed by atoms with Crippen LogP contribution in [0.25, 0.3) is 0 Å². The summed E-state index contributed by atoms with van der Waals surface area (Å²) in [5.41, 5.74) is 0.423. The molecule has 1 aliphatic rings. The first-order valence-electron chi connectivity index (χ1n) is 6.16. The number of aryl methyl sites for hydroxylation is 2. The van der Waals surface area contributed by atoms with E-state index in [1.165, 1.54) is 0 Å². The van der Waals surface area contributed by atoms with Gasteiger partial charge >= 0.3 is 0 Å². The Morgan fingerprint density at radius 1 is 1.58 bits per heavy atom. The molecule has 0 atom stereocenters. The molecular formula is C11H15N7O. The Morgan fingerprint density at radius 2 is 2.47 bits per heavy atom. The van der Waals surface area contributed by atoms with Crippen LogP contribution in [-0.2, 0) is 20.1 Å². The van der Waals surface area contributed by atoms with Gasteiger partial charge in [-0.3, -0.25) is 4.79 Å². The Kier molecular flexibility index (Phi) is 2.90. The van der Waals surface area contributed by atoms with Gasteiger partial charge in [0.2, 0.25) is 5.95 Å². The van der Waals surface area contributed by atoms with E-state index in [4.69, 9.17) is 0 Å². The van der Waals surface area contributed by atoms with E-state index in [1.807, 2.05) is 11.6 Å². The fourth-order valence-corrected chi connectivity index (χ4v) is 2.00. The van der Waals surface area contributed by atoms with Crippen LogP contribution in [0.15, 0.2) is 12.5 Å². The molecule has 0 spiro atoms. The summed E-state index contributed by atoms with van der Waals surface area (Å²) >= 11 is 0. The minimum atomic E-state index is -0.202. The molecule has 0 aliphatic carbocycles. The van der Waals surface area contributed by atoms with E-state index >= 15 is 0 Å². The van der Waals surface area contributed by atoms with E-state index in [-0.39, 0.29) is 5.91 Å². The third-order valence-corrected chi connectivity index (χ3v) is 3.08. The number of nitrogens with zero attached hydrogens (tertiary/aromatic N) is 5. The maximum Gasteiger partial charge on any atom is 0.271 e. The smallest absolute Gasteiger partial charge is 0.271 e. The van der Waals surface area contributed by atoms with Crippen molar-refractivity contribution in [3.05, 3.63) is 24.0 Å². The van der Waals surface area contributed by atoms with Crippen LogP contribution in [0.5, 0.6) is 0 Å². The van der Waals surface area contributed by atoms with Gasteiger partial charge in [-0.1, -0.05) is 0 Å². The highest BCUT2D eigenvalue weighted by molar-refractivity contribution is 5.92. The first-order chi connectivity index (χ1) is 9.24. The summed E-state index contributed by atoms with van der Waals surface area (Å²) in [5.74, 6) is 1.26. The number of hydrogen-bond acceptors (Lipinski definition) is 5. The molecule has 0 fully saturated rings. The predicted octanol–water partition coefficient (Wildman–Crippen LogP) is -0.243. The molecule has 2 N–H and O–H groups in total. The SMILES string of the molecule is Cn1cnnc1CNC(=O)c1cn2c(n1)NCCC2. The molecule has 0 aromatic carbocycles. The molecule has 0 unspecified atom stereocenters. The van der Waals surface area contributed by atoms with Crippen molar-refractivity contribution in [1.82, 2.24) is 29.6 Å².